The second-order valence-electron chi connectivity index (χ2n) is 2.18. The number of nitrogens with one attached hydrogen (secondary N) is 1. The number of rotatable bonds is 0. The molecule has 0 amide bonds. The third-order valence-corrected chi connectivity index (χ3v) is 1.16. The van der Waals surface area contributed by atoms with Crippen LogP contribution in [0.15, 0.2) is 0 Å². The third-order valence-electron chi connectivity index (χ3n) is 1.16. The van der Waals surface area contributed by atoms with Gasteiger partial charge in [-0.15, -0.1) is 0 Å². The zero-order chi connectivity index (χ0) is 9.61. The predicted molar refractivity (Wildman–Crippen MR) is 29.3 cm³/mol. The first-order chi connectivity index (χ1) is 5.39. The van der Waals surface area contributed by atoms with Crippen molar-refractivity contribution in [3.63, 3.8) is 0 Å². The minimum absolute atomic E-state index is 0.402. The fourth-order valence-electron chi connectivity index (χ4n) is 0.706. The summed E-state index contributed by atoms with van der Waals surface area (Å²) < 4.78 is 32.7. The Kier molecular flexibility index (Phi) is 5.31. The highest BCUT2D eigenvalue weighted by molar-refractivity contribution is 5.79. The van der Waals surface area contributed by atoms with Crippen molar-refractivity contribution in [2.75, 3.05) is 13.1 Å². The van der Waals surface area contributed by atoms with Crippen LogP contribution in [0.3, 0.4) is 0 Å². The second-order valence-corrected chi connectivity index (χ2v) is 2.98. The molecule has 1 aliphatic heterocycles. The normalized spacial score (nSPS) is 18.2. The highest BCUT2D eigenvalue weighted by atomic mass is 35.7. The summed E-state index contributed by atoms with van der Waals surface area (Å²) in [4.78, 5) is 10.4. The molecular weight excluding hydrogens is 190 g/mol. The molecule has 0 aromatic carbocycles. The van der Waals surface area contributed by atoms with Gasteiger partial charge in [0.25, 0.3) is 0 Å². The van der Waals surface area contributed by atoms with Crippen molar-refractivity contribution in [3.8, 4) is 0 Å². The Morgan fingerprint density at radius 1 is 1.25 bits per heavy atom. The maximum Gasteiger partial charge on any atom is 0.135 e. The van der Waals surface area contributed by atoms with E-state index >= 15 is 0 Å². The van der Waals surface area contributed by atoms with Gasteiger partial charge >= 0.3 is 0 Å². The van der Waals surface area contributed by atoms with Crippen LogP contribution in [0.1, 0.15) is 12.8 Å². The molecule has 0 atom stereocenters. The topological polar surface area (TPSA) is 119 Å². The Hall–Kier alpha value is -0.240. The summed E-state index contributed by atoms with van der Waals surface area (Å²) >= 11 is 0. The quantitative estimate of drug-likeness (QED) is 0.409. The van der Waals surface area contributed by atoms with Crippen molar-refractivity contribution in [3.05, 3.63) is 0 Å². The van der Waals surface area contributed by atoms with E-state index in [2.05, 4.69) is 5.32 Å². The van der Waals surface area contributed by atoms with Crippen LogP contribution in [0.2, 0.25) is 0 Å². The summed E-state index contributed by atoms with van der Waals surface area (Å²) in [6.45, 7) is 1.78. The Balaban J connectivity index is 0.000000217. The maximum atomic E-state index is 10.4. The Bertz CT molecular complexity index is 131. The lowest BCUT2D eigenvalue weighted by molar-refractivity contribution is -1.92. The third kappa shape index (κ3) is 12.4. The number of hydrogen-bond donors (Lipinski definition) is 2. The Morgan fingerprint density at radius 2 is 1.58 bits per heavy atom. The van der Waals surface area contributed by atoms with Crippen LogP contribution in [-0.2, 0) is 4.79 Å². The Labute approximate surface area is 71.5 Å². The number of piperidine rings is 1. The van der Waals surface area contributed by atoms with Crippen LogP contribution in [0.25, 0.3) is 0 Å². The lowest BCUT2D eigenvalue weighted by Gasteiger charge is -2.08. The van der Waals surface area contributed by atoms with Crippen molar-refractivity contribution < 1.29 is 33.7 Å². The van der Waals surface area contributed by atoms with E-state index in [-0.39, 0.29) is 0 Å². The van der Waals surface area contributed by atoms with Crippen molar-refractivity contribution in [2.45, 2.75) is 12.8 Å². The summed E-state index contributed by atoms with van der Waals surface area (Å²) in [6.07, 6.45) is 1.47. The summed E-state index contributed by atoms with van der Waals surface area (Å²) in [5, 5.41) is 3.09. The van der Waals surface area contributed by atoms with E-state index in [0.29, 0.717) is 5.78 Å². The first-order valence-corrected chi connectivity index (χ1v) is 4.51. The van der Waals surface area contributed by atoms with E-state index in [1.807, 2.05) is 0 Å². The van der Waals surface area contributed by atoms with Crippen LogP contribution < -0.4 is 19.3 Å². The highest BCUT2D eigenvalue weighted by Gasteiger charge is 2.04. The summed E-state index contributed by atoms with van der Waals surface area (Å²) in [7, 11) is -4.69. The molecule has 1 aliphatic rings. The SMILES string of the molecule is O=C1CCNCC1.[O-][Cl+3]([O-])([O-])O. The van der Waals surface area contributed by atoms with Crippen LogP contribution in [0.5, 0.6) is 0 Å². The monoisotopic (exact) mass is 199 g/mol. The molecule has 0 spiro atoms. The summed E-state index contributed by atoms with van der Waals surface area (Å²) in [5.74, 6) is 0.402. The van der Waals surface area contributed by atoms with Gasteiger partial charge in [0.15, 0.2) is 0 Å². The average Bonchev–Trinajstić information content (AvgIpc) is 1.85. The van der Waals surface area contributed by atoms with Crippen molar-refractivity contribution in [2.24, 2.45) is 0 Å². The molecule has 2 N–H and O–H groups in total. The van der Waals surface area contributed by atoms with E-state index in [0.717, 1.165) is 25.9 Å². The van der Waals surface area contributed by atoms with Gasteiger partial charge in [0.2, 0.25) is 0 Å². The van der Waals surface area contributed by atoms with E-state index in [9.17, 15) is 4.79 Å². The highest BCUT2D eigenvalue weighted by Crippen LogP contribution is 1.91. The minimum Gasteiger partial charge on any atom is -0.316 e. The van der Waals surface area contributed by atoms with Gasteiger partial charge in [-0.1, -0.05) is 0 Å². The number of hydrogen-bond acceptors (Lipinski definition) is 6. The molecule has 6 nitrogen and oxygen atoms in total. The molecule has 0 bridgehead atoms. The van der Waals surface area contributed by atoms with Gasteiger partial charge < -0.3 is 5.32 Å². The smallest absolute Gasteiger partial charge is 0.135 e. The second kappa shape index (κ2) is 5.41. The first-order valence-electron chi connectivity index (χ1n) is 3.25. The average molecular weight is 200 g/mol. The zero-order valence-electron chi connectivity index (χ0n) is 6.29. The molecule has 1 saturated heterocycles. The zero-order valence-corrected chi connectivity index (χ0v) is 7.04. The van der Waals surface area contributed by atoms with Gasteiger partial charge in [-0.2, -0.15) is 14.0 Å². The van der Waals surface area contributed by atoms with Crippen LogP contribution in [0.4, 0.5) is 0 Å². The largest absolute Gasteiger partial charge is 0.316 e. The van der Waals surface area contributed by atoms with Gasteiger partial charge in [0, 0.05) is 25.9 Å². The minimum atomic E-state index is -4.69. The fraction of sp³-hybridized carbons (Fsp3) is 0.800. The predicted octanol–water partition coefficient (Wildman–Crippen LogP) is -4.19. The van der Waals surface area contributed by atoms with E-state index < -0.39 is 10.2 Å². The van der Waals surface area contributed by atoms with Gasteiger partial charge in [0.05, 0.1) is 14.9 Å². The molecule has 0 unspecified atom stereocenters. The first kappa shape index (κ1) is 11.8. The fourth-order valence-corrected chi connectivity index (χ4v) is 0.706. The number of ketones is 1. The molecule has 0 aromatic heterocycles. The molecule has 0 aliphatic carbocycles. The molecule has 0 radical (unpaired) electrons. The molecule has 1 heterocycles. The van der Waals surface area contributed by atoms with Crippen molar-refractivity contribution in [1.82, 2.24) is 5.32 Å². The van der Waals surface area contributed by atoms with Crippen LogP contribution in [0, 0.1) is 10.2 Å². The standard InChI is InChI=1S/C5H9NO.ClHO4/c7-5-1-3-6-4-2-5;2-1(3,4)5/h6H,1-4H2;(H,2,3,4,5). The van der Waals surface area contributed by atoms with E-state index in [4.69, 9.17) is 18.6 Å². The van der Waals surface area contributed by atoms with Crippen LogP contribution in [-0.4, -0.2) is 23.5 Å². The number of carbonyl (C=O) groups is 1. The van der Waals surface area contributed by atoms with Gasteiger partial charge in [-0.3, -0.25) is 4.79 Å². The van der Waals surface area contributed by atoms with Crippen LogP contribution >= 0.6 is 0 Å². The molecule has 7 heteroatoms. The van der Waals surface area contributed by atoms with Gasteiger partial charge in [0.1, 0.15) is 5.78 Å². The molecule has 1 fully saturated rings. The maximum absolute atomic E-state index is 10.4. The lowest BCUT2D eigenvalue weighted by atomic mass is 10.1. The molecular formula is C5H10ClNO5. The molecule has 0 aromatic rings. The van der Waals surface area contributed by atoms with Crippen molar-refractivity contribution in [1.29, 1.82) is 0 Å². The summed E-state index contributed by atoms with van der Waals surface area (Å²) in [5.41, 5.74) is 0. The van der Waals surface area contributed by atoms with Gasteiger partial charge in [-0.05, 0) is 0 Å². The summed E-state index contributed by atoms with van der Waals surface area (Å²) in [6, 6.07) is 0. The number of Topliss-reactive ketones (excluding diaryl/α,β-unsaturated/α-hetero) is 1. The van der Waals surface area contributed by atoms with E-state index in [1.54, 1.807) is 0 Å². The Morgan fingerprint density at radius 3 is 1.75 bits per heavy atom. The molecule has 1 rings (SSSR count). The molecule has 0 saturated carbocycles. The number of carbonyl (C=O) groups excluding carboxylic acids is 1. The van der Waals surface area contributed by atoms with Gasteiger partial charge in [-0.25, -0.2) is 0 Å². The molecule has 72 valence electrons. The van der Waals surface area contributed by atoms with E-state index in [1.165, 1.54) is 0 Å². The number of halogens is 1. The lowest BCUT2D eigenvalue weighted by Crippen LogP contribution is -2.58. The van der Waals surface area contributed by atoms with Crippen molar-refractivity contribution >= 4 is 5.78 Å². The molecule has 12 heavy (non-hydrogen) atoms.